The number of hydrogen-bond donors (Lipinski definition) is 4. The van der Waals surface area contributed by atoms with Crippen molar-refractivity contribution in [3.05, 3.63) is 80.6 Å². The Hall–Kier alpha value is -4.03. The number of phenols is 1. The van der Waals surface area contributed by atoms with Gasteiger partial charge in [0.15, 0.2) is 17.3 Å². The molecule has 1 fully saturated rings. The topological polar surface area (TPSA) is 151 Å². The molecule has 0 aromatic heterocycles. The Morgan fingerprint density at radius 2 is 1.63 bits per heavy atom. The first-order valence-electron chi connectivity index (χ1n) is 14.3. The number of likely N-dealkylation sites (N-methyl/N-ethyl adjacent to an activating group) is 1. The number of ether oxygens (including phenoxy) is 1. The Labute approximate surface area is 247 Å². The van der Waals surface area contributed by atoms with Crippen LogP contribution in [0.5, 0.6) is 11.5 Å². The summed E-state index contributed by atoms with van der Waals surface area (Å²) in [7, 11) is 3.36. The van der Waals surface area contributed by atoms with Crippen LogP contribution in [-0.2, 0) is 11.2 Å². The summed E-state index contributed by atoms with van der Waals surface area (Å²) in [4.78, 5) is 45.5. The summed E-state index contributed by atoms with van der Waals surface area (Å²) in [5, 5.41) is 45.6. The van der Waals surface area contributed by atoms with Crippen molar-refractivity contribution in [2.75, 3.05) is 20.7 Å². The number of imide groups is 1. The molecule has 0 saturated carbocycles. The van der Waals surface area contributed by atoms with Crippen molar-refractivity contribution >= 4 is 17.6 Å². The van der Waals surface area contributed by atoms with Crippen LogP contribution in [0.25, 0.3) is 0 Å². The smallest absolute Gasteiger partial charge is 0.261 e. The van der Waals surface area contributed by atoms with Gasteiger partial charge in [0.2, 0.25) is 5.78 Å². The fourth-order valence-corrected chi connectivity index (χ4v) is 8.09. The highest BCUT2D eigenvalue weighted by Crippen LogP contribution is 2.54. The number of allylic oxidation sites excluding steroid dienone is 1. The average Bonchev–Trinajstić information content (AvgIpc) is 3.22. The number of piperazine rings is 1. The van der Waals surface area contributed by atoms with Gasteiger partial charge in [-0.05, 0) is 62.6 Å². The molecule has 2 aromatic rings. The normalized spacial score (nSPS) is 30.4. The van der Waals surface area contributed by atoms with Gasteiger partial charge in [0, 0.05) is 29.3 Å². The Kier molecular flexibility index (Phi) is 6.13. The summed E-state index contributed by atoms with van der Waals surface area (Å²) in [6.07, 6.45) is -1.89. The second-order valence-corrected chi connectivity index (χ2v) is 12.1. The van der Waals surface area contributed by atoms with Crippen molar-refractivity contribution in [1.29, 1.82) is 0 Å². The van der Waals surface area contributed by atoms with Crippen LogP contribution in [0.1, 0.15) is 56.8 Å². The summed E-state index contributed by atoms with van der Waals surface area (Å²) in [6.45, 7) is 3.06. The predicted molar refractivity (Wildman–Crippen MR) is 153 cm³/mol. The number of aliphatic hydroxyl groups excluding tert-OH is 3. The minimum atomic E-state index is -1.27. The maximum atomic E-state index is 13.7. The highest BCUT2D eigenvalue weighted by atomic mass is 16.5. The van der Waals surface area contributed by atoms with Crippen LogP contribution >= 0.6 is 0 Å². The van der Waals surface area contributed by atoms with Gasteiger partial charge >= 0.3 is 0 Å². The average molecular weight is 588 g/mol. The summed E-state index contributed by atoms with van der Waals surface area (Å²) in [5.74, 6) is -1.97. The number of aryl methyl sites for hydroxylation is 1. The molecule has 2 bridgehead atoms. The first-order chi connectivity index (χ1) is 20.5. The van der Waals surface area contributed by atoms with Gasteiger partial charge < -0.3 is 25.2 Å². The molecule has 4 aliphatic heterocycles. The van der Waals surface area contributed by atoms with Crippen molar-refractivity contribution in [3.8, 4) is 11.5 Å². The number of aromatic hydroxyl groups is 1. The third-order valence-electron chi connectivity index (χ3n) is 10.1. The number of phenolic OH excluding ortho intramolecular Hbond substituents is 1. The third-order valence-corrected chi connectivity index (χ3v) is 10.1. The molecule has 6 atom stereocenters. The third kappa shape index (κ3) is 3.59. The molecule has 2 amide bonds. The van der Waals surface area contributed by atoms with Gasteiger partial charge in [0.1, 0.15) is 12.3 Å². The molecule has 1 aliphatic carbocycles. The maximum absolute atomic E-state index is 13.7. The molecule has 1 unspecified atom stereocenters. The highest BCUT2D eigenvalue weighted by Gasteiger charge is 2.58. The number of amides is 2. The van der Waals surface area contributed by atoms with E-state index in [2.05, 4.69) is 0 Å². The number of hydrogen-bond acceptors (Lipinski definition) is 10. The number of Topliss-reactive ketones (excluding diaryl/α,β-unsaturated/α-hetero) is 1. The highest BCUT2D eigenvalue weighted by molar-refractivity contribution is 6.21. The Balaban J connectivity index is 1.40. The largest absolute Gasteiger partial charge is 0.504 e. The van der Waals surface area contributed by atoms with Gasteiger partial charge in [0.05, 0.1) is 36.4 Å². The molecule has 4 N–H and O–H groups in total. The van der Waals surface area contributed by atoms with E-state index in [1.54, 1.807) is 29.2 Å². The minimum Gasteiger partial charge on any atom is -0.504 e. The van der Waals surface area contributed by atoms with E-state index in [-0.39, 0.29) is 41.0 Å². The quantitative estimate of drug-likeness (QED) is 0.391. The molecular weight excluding hydrogens is 554 g/mol. The van der Waals surface area contributed by atoms with Crippen LogP contribution in [0.15, 0.2) is 52.8 Å². The molecule has 2 aromatic carbocycles. The lowest BCUT2D eigenvalue weighted by Gasteiger charge is -2.60. The molecular formula is C32H33N3O8. The molecule has 43 heavy (non-hydrogen) atoms. The van der Waals surface area contributed by atoms with Crippen molar-refractivity contribution in [1.82, 2.24) is 14.7 Å². The zero-order valence-corrected chi connectivity index (χ0v) is 24.2. The molecule has 0 spiro atoms. The lowest BCUT2D eigenvalue weighted by Crippen LogP contribution is -2.71. The van der Waals surface area contributed by atoms with E-state index in [0.29, 0.717) is 23.3 Å². The van der Waals surface area contributed by atoms with Crippen LogP contribution in [0.3, 0.4) is 0 Å². The summed E-state index contributed by atoms with van der Waals surface area (Å²) in [5.41, 5.74) is 3.33. The molecule has 0 radical (unpaired) electrons. The standard InChI is InChI=1S/C32H33N3O8/c1-13-9-15-10-20-32(42)35-19(24(33(20)3)22(15)28(39)29(13)43-4)11-18-23(27(38)26(37)14(2)25(18)36)21(35)12-34-30(40)16-7-5-6-8-17(16)31(34)41/h5-9,19-21,24-25,32,36-37,39,42H,10-12H2,1-4H3/t19-,20-,21-,24-,25?,32-/m0/s1. The molecule has 11 heteroatoms. The number of fused-ring (bicyclic) bond motifs is 7. The number of rotatable bonds is 3. The van der Waals surface area contributed by atoms with Gasteiger partial charge in [0.25, 0.3) is 11.8 Å². The van der Waals surface area contributed by atoms with Crippen molar-refractivity contribution in [2.45, 2.75) is 63.2 Å². The van der Waals surface area contributed by atoms with Crippen molar-refractivity contribution < 1.29 is 39.5 Å². The first-order valence-corrected chi connectivity index (χ1v) is 14.3. The number of ketones is 1. The lowest BCUT2D eigenvalue weighted by molar-refractivity contribution is -0.168. The fourth-order valence-electron chi connectivity index (χ4n) is 8.09. The van der Waals surface area contributed by atoms with Crippen LogP contribution in [-0.4, -0.2) is 104 Å². The molecule has 7 rings (SSSR count). The second kappa shape index (κ2) is 9.48. The maximum Gasteiger partial charge on any atom is 0.261 e. The van der Waals surface area contributed by atoms with Gasteiger partial charge in [-0.25, -0.2) is 0 Å². The number of methoxy groups -OCH3 is 1. The summed E-state index contributed by atoms with van der Waals surface area (Å²) < 4.78 is 5.54. The van der Waals surface area contributed by atoms with E-state index in [0.717, 1.165) is 16.0 Å². The number of nitrogens with zero attached hydrogens (tertiary/aromatic N) is 3. The zero-order valence-electron chi connectivity index (χ0n) is 24.2. The number of carbonyl (C=O) groups excluding carboxylic acids is 3. The first kappa shape index (κ1) is 27.8. The SMILES string of the molecule is COc1c(C)cc2c(c1O)[C@@H]1[C@@H]3CC4=C(C(=O)C(O)=C(C)C4O)[C@H](CN4C(=O)c5ccccc5C4=O)N3[C@@H](O)[C@H](C2)N1C. The van der Waals surface area contributed by atoms with Crippen LogP contribution in [0.4, 0.5) is 0 Å². The van der Waals surface area contributed by atoms with E-state index in [1.807, 2.05) is 24.9 Å². The number of aliphatic hydroxyl groups is 3. The van der Waals surface area contributed by atoms with Crippen LogP contribution in [0, 0.1) is 6.92 Å². The van der Waals surface area contributed by atoms with Gasteiger partial charge in [-0.2, -0.15) is 0 Å². The second-order valence-electron chi connectivity index (χ2n) is 12.1. The molecule has 11 nitrogen and oxygen atoms in total. The van der Waals surface area contributed by atoms with Crippen molar-refractivity contribution in [2.24, 2.45) is 0 Å². The Morgan fingerprint density at radius 1 is 0.977 bits per heavy atom. The Bertz CT molecular complexity index is 1660. The number of carbonyl (C=O) groups is 3. The van der Waals surface area contributed by atoms with Gasteiger partial charge in [-0.15, -0.1) is 0 Å². The monoisotopic (exact) mass is 587 g/mol. The van der Waals surface area contributed by atoms with E-state index >= 15 is 0 Å². The van der Waals surface area contributed by atoms with E-state index < -0.39 is 59.9 Å². The Morgan fingerprint density at radius 3 is 2.26 bits per heavy atom. The molecule has 4 heterocycles. The van der Waals surface area contributed by atoms with Crippen LogP contribution in [0.2, 0.25) is 0 Å². The van der Waals surface area contributed by atoms with Gasteiger partial charge in [-0.3, -0.25) is 29.1 Å². The van der Waals surface area contributed by atoms with Gasteiger partial charge in [-0.1, -0.05) is 18.2 Å². The van der Waals surface area contributed by atoms with Crippen LogP contribution < -0.4 is 4.74 Å². The summed E-state index contributed by atoms with van der Waals surface area (Å²) >= 11 is 0. The minimum absolute atomic E-state index is 0.00481. The lowest BCUT2D eigenvalue weighted by atomic mass is 9.70. The molecule has 1 saturated heterocycles. The fraction of sp³-hybridized carbons (Fsp3) is 0.406. The van der Waals surface area contributed by atoms with Crippen molar-refractivity contribution in [3.63, 3.8) is 0 Å². The van der Waals surface area contributed by atoms with E-state index in [1.165, 1.54) is 14.0 Å². The molecule has 5 aliphatic rings. The van der Waals surface area contributed by atoms with E-state index in [9.17, 15) is 34.8 Å². The molecule has 224 valence electrons. The van der Waals surface area contributed by atoms with E-state index in [4.69, 9.17) is 4.74 Å². The predicted octanol–water partition coefficient (Wildman–Crippen LogP) is 1.75. The zero-order chi connectivity index (χ0) is 30.6. The number of benzene rings is 2. The summed E-state index contributed by atoms with van der Waals surface area (Å²) in [6, 6.07) is 5.88.